The molecule has 0 radical (unpaired) electrons. The van der Waals surface area contributed by atoms with E-state index in [1.807, 2.05) is 0 Å². The van der Waals surface area contributed by atoms with Crippen LogP contribution in [-0.2, 0) is 9.53 Å². The second kappa shape index (κ2) is 6.83. The molecule has 2 nitrogen and oxygen atoms in total. The van der Waals surface area contributed by atoms with Crippen LogP contribution in [0, 0.1) is 45.8 Å². The highest BCUT2D eigenvalue weighted by atomic mass is 16.6. The van der Waals surface area contributed by atoms with Crippen molar-refractivity contribution >= 4 is 5.78 Å². The van der Waals surface area contributed by atoms with E-state index in [-0.39, 0.29) is 22.5 Å². The Hall–Kier alpha value is -0.370. The fraction of sp³-hybridized carbons (Fsp3) is 0.966. The summed E-state index contributed by atoms with van der Waals surface area (Å²) in [7, 11) is 0. The largest absolute Gasteiger partial charge is 0.361 e. The van der Waals surface area contributed by atoms with Gasteiger partial charge < -0.3 is 4.74 Å². The van der Waals surface area contributed by atoms with Crippen molar-refractivity contribution in [2.24, 2.45) is 45.8 Å². The van der Waals surface area contributed by atoms with E-state index in [1.54, 1.807) is 0 Å². The van der Waals surface area contributed by atoms with Crippen molar-refractivity contribution in [3.63, 3.8) is 0 Å². The average molecular weight is 429 g/mol. The second-order valence-corrected chi connectivity index (χ2v) is 13.8. The molecule has 0 N–H and O–H groups in total. The van der Waals surface area contributed by atoms with Gasteiger partial charge in [-0.2, -0.15) is 0 Å². The quantitative estimate of drug-likeness (QED) is 0.422. The number of fused-ring (bicyclic) bond motifs is 2. The fourth-order valence-corrected chi connectivity index (χ4v) is 10.5. The Morgan fingerprint density at radius 3 is 2.35 bits per heavy atom. The molecule has 4 saturated carbocycles. The monoisotopic (exact) mass is 428 g/mol. The van der Waals surface area contributed by atoms with Gasteiger partial charge in [0, 0.05) is 23.2 Å². The lowest BCUT2D eigenvalue weighted by Crippen LogP contribution is -2.64. The van der Waals surface area contributed by atoms with Crippen LogP contribution in [0.15, 0.2) is 0 Å². The van der Waals surface area contributed by atoms with E-state index in [2.05, 4.69) is 48.5 Å². The summed E-state index contributed by atoms with van der Waals surface area (Å²) in [5, 5.41) is 0. The minimum absolute atomic E-state index is 0.0574. The van der Waals surface area contributed by atoms with E-state index in [0.29, 0.717) is 22.5 Å². The highest BCUT2D eigenvalue weighted by Crippen LogP contribution is 2.85. The van der Waals surface area contributed by atoms with Gasteiger partial charge in [-0.1, -0.05) is 67.7 Å². The lowest BCUT2D eigenvalue weighted by atomic mass is 9.39. The Morgan fingerprint density at radius 1 is 0.903 bits per heavy atom. The Bertz CT molecular complexity index is 758. The van der Waals surface area contributed by atoms with Gasteiger partial charge in [-0.15, -0.1) is 0 Å². The maximum Gasteiger partial charge on any atom is 0.136 e. The van der Waals surface area contributed by atoms with E-state index in [1.165, 1.54) is 57.8 Å². The third kappa shape index (κ3) is 2.53. The van der Waals surface area contributed by atoms with Gasteiger partial charge in [0.05, 0.1) is 0 Å². The summed E-state index contributed by atoms with van der Waals surface area (Å²) in [6.07, 6.45) is 13.7. The number of carbonyl (C=O) groups excluding carboxylic acids is 1. The molecule has 1 heterocycles. The van der Waals surface area contributed by atoms with Crippen LogP contribution >= 0.6 is 0 Å². The van der Waals surface area contributed by atoms with Crippen LogP contribution in [0.1, 0.15) is 119 Å². The highest BCUT2D eigenvalue weighted by Gasteiger charge is 2.89. The molecule has 0 aromatic heterocycles. The van der Waals surface area contributed by atoms with Gasteiger partial charge in [0.25, 0.3) is 0 Å². The van der Waals surface area contributed by atoms with Gasteiger partial charge >= 0.3 is 0 Å². The summed E-state index contributed by atoms with van der Waals surface area (Å²) in [6, 6.07) is 0. The molecule has 4 aliphatic carbocycles. The first kappa shape index (κ1) is 22.4. The SMILES string of the molecule is CC(C)CCCC(C)[C@H]1CC[C@@]2(C)[C@@]34CC[C@H]5[C@H](C)C(=O)CC[C@]5(C)[C@]3(CC[C@]12C)O4. The maximum absolute atomic E-state index is 12.6. The van der Waals surface area contributed by atoms with Crippen LogP contribution in [0.3, 0.4) is 0 Å². The lowest BCUT2D eigenvalue weighted by molar-refractivity contribution is -0.141. The number of carbonyl (C=O) groups is 1. The predicted octanol–water partition coefficient (Wildman–Crippen LogP) is 7.59. The molecule has 1 aliphatic heterocycles. The summed E-state index contributed by atoms with van der Waals surface area (Å²) >= 11 is 0. The number of Topliss-reactive ketones (excluding diaryl/α,β-unsaturated/α-hetero) is 1. The van der Waals surface area contributed by atoms with Crippen molar-refractivity contribution in [3.05, 3.63) is 0 Å². The molecule has 0 bridgehead atoms. The molecule has 176 valence electrons. The number of ether oxygens (including phenoxy) is 1. The summed E-state index contributed by atoms with van der Waals surface area (Å²) in [5.41, 5.74) is 1.05. The van der Waals surface area contributed by atoms with Crippen molar-refractivity contribution in [2.75, 3.05) is 0 Å². The van der Waals surface area contributed by atoms with Crippen LogP contribution < -0.4 is 0 Å². The number of hydrogen-bond acceptors (Lipinski definition) is 2. The van der Waals surface area contributed by atoms with Crippen LogP contribution in [0.25, 0.3) is 0 Å². The van der Waals surface area contributed by atoms with Crippen molar-refractivity contribution in [2.45, 2.75) is 130 Å². The summed E-state index contributed by atoms with van der Waals surface area (Å²) < 4.78 is 7.18. The van der Waals surface area contributed by atoms with Gasteiger partial charge in [0.2, 0.25) is 0 Å². The zero-order chi connectivity index (χ0) is 22.4. The summed E-state index contributed by atoms with van der Waals surface area (Å²) in [6.45, 7) is 17.3. The third-order valence-corrected chi connectivity index (χ3v) is 12.6. The molecule has 0 amide bonds. The first-order chi connectivity index (χ1) is 14.5. The van der Waals surface area contributed by atoms with Crippen LogP contribution in [0.4, 0.5) is 0 Å². The van der Waals surface area contributed by atoms with Crippen molar-refractivity contribution < 1.29 is 9.53 Å². The number of rotatable bonds is 5. The van der Waals surface area contributed by atoms with Gasteiger partial charge in [-0.3, -0.25) is 4.79 Å². The van der Waals surface area contributed by atoms with Crippen LogP contribution in [0.5, 0.6) is 0 Å². The standard InChI is InChI=1S/C29H48O2/c1-19(2)9-8-10-20(3)22-11-15-27(7)25(22,5)17-18-28-26(6)14-13-24(30)21(4)23(26)12-16-29(27,28)31-28/h19-23H,8-18H2,1-7H3/t20?,21-,22+,23-,25+,26-,27+,28-,29-/m0/s1. The fourth-order valence-electron chi connectivity index (χ4n) is 10.5. The molecule has 5 rings (SSSR count). The third-order valence-electron chi connectivity index (χ3n) is 12.6. The average Bonchev–Trinajstić information content (AvgIpc) is 3.34. The molecule has 1 unspecified atom stereocenters. The Labute approximate surface area is 191 Å². The van der Waals surface area contributed by atoms with E-state index < -0.39 is 0 Å². The number of ketones is 1. The second-order valence-electron chi connectivity index (χ2n) is 13.8. The molecular formula is C29H48O2. The van der Waals surface area contributed by atoms with E-state index >= 15 is 0 Å². The Kier molecular flexibility index (Phi) is 4.94. The lowest BCUT2D eigenvalue weighted by Gasteiger charge is -2.61. The van der Waals surface area contributed by atoms with Crippen molar-refractivity contribution in [1.82, 2.24) is 0 Å². The van der Waals surface area contributed by atoms with Gasteiger partial charge in [-0.25, -0.2) is 0 Å². The summed E-state index contributed by atoms with van der Waals surface area (Å²) in [5.74, 6) is 3.77. The summed E-state index contributed by atoms with van der Waals surface area (Å²) in [4.78, 5) is 12.6. The zero-order valence-corrected chi connectivity index (χ0v) is 21.5. The smallest absolute Gasteiger partial charge is 0.136 e. The molecule has 0 aromatic carbocycles. The van der Waals surface area contributed by atoms with Crippen LogP contribution in [-0.4, -0.2) is 17.0 Å². The maximum atomic E-state index is 12.6. The molecular weight excluding hydrogens is 380 g/mol. The molecule has 31 heavy (non-hydrogen) atoms. The molecule has 2 heteroatoms. The Balaban J connectivity index is 1.43. The topological polar surface area (TPSA) is 29.6 Å². The number of epoxide rings is 1. The van der Waals surface area contributed by atoms with Gasteiger partial charge in [-0.05, 0) is 74.0 Å². The molecule has 9 atom stereocenters. The zero-order valence-electron chi connectivity index (χ0n) is 21.5. The van der Waals surface area contributed by atoms with Crippen molar-refractivity contribution in [3.8, 4) is 0 Å². The minimum Gasteiger partial charge on any atom is -0.361 e. The first-order valence-corrected chi connectivity index (χ1v) is 13.7. The van der Waals surface area contributed by atoms with Gasteiger partial charge in [0.1, 0.15) is 17.0 Å². The normalized spacial score (nSPS) is 54.1. The Morgan fingerprint density at radius 2 is 1.65 bits per heavy atom. The molecule has 0 spiro atoms. The highest BCUT2D eigenvalue weighted by molar-refractivity contribution is 5.82. The minimum atomic E-state index is 0.0574. The number of hydrogen-bond donors (Lipinski definition) is 0. The van der Waals surface area contributed by atoms with Gasteiger partial charge in [0.15, 0.2) is 0 Å². The van der Waals surface area contributed by atoms with E-state index in [4.69, 9.17) is 4.74 Å². The molecule has 0 aromatic rings. The van der Waals surface area contributed by atoms with E-state index in [0.717, 1.165) is 30.6 Å². The molecule has 1 saturated heterocycles. The molecule has 5 fully saturated rings. The predicted molar refractivity (Wildman–Crippen MR) is 127 cm³/mol. The van der Waals surface area contributed by atoms with E-state index in [9.17, 15) is 4.79 Å². The first-order valence-electron chi connectivity index (χ1n) is 13.7. The molecule has 5 aliphatic rings. The van der Waals surface area contributed by atoms with Crippen LogP contribution in [0.2, 0.25) is 0 Å². The van der Waals surface area contributed by atoms with Crippen molar-refractivity contribution in [1.29, 1.82) is 0 Å².